The van der Waals surface area contributed by atoms with Gasteiger partial charge in [0.1, 0.15) is 11.9 Å². The van der Waals surface area contributed by atoms with Crippen LogP contribution in [0.5, 0.6) is 0 Å². The average molecular weight is 333 g/mol. The van der Waals surface area contributed by atoms with Crippen molar-refractivity contribution >= 4 is 21.8 Å². The molecule has 1 unspecified atom stereocenters. The van der Waals surface area contributed by atoms with E-state index in [1.807, 2.05) is 12.1 Å². The smallest absolute Gasteiger partial charge is 0.252 e. The van der Waals surface area contributed by atoms with Crippen molar-refractivity contribution in [2.45, 2.75) is 6.04 Å². The molecular weight excluding hydrogens is 323 g/mol. The van der Waals surface area contributed by atoms with Crippen LogP contribution in [-0.2, 0) is 0 Å². The van der Waals surface area contributed by atoms with Crippen LogP contribution >= 0.6 is 15.9 Å². The Labute approximate surface area is 124 Å². The van der Waals surface area contributed by atoms with Crippen molar-refractivity contribution in [3.8, 4) is 6.07 Å². The van der Waals surface area contributed by atoms with Crippen LogP contribution in [0, 0.1) is 17.1 Å². The van der Waals surface area contributed by atoms with Crippen LogP contribution in [0.2, 0.25) is 0 Å². The van der Waals surface area contributed by atoms with Gasteiger partial charge in [0, 0.05) is 5.56 Å². The largest absolute Gasteiger partial charge is 0.333 e. The van der Waals surface area contributed by atoms with E-state index < -0.39 is 17.8 Å². The molecule has 2 aromatic rings. The fourth-order valence-electron chi connectivity index (χ4n) is 1.69. The predicted octanol–water partition coefficient (Wildman–Crippen LogP) is 3.58. The summed E-state index contributed by atoms with van der Waals surface area (Å²) in [6.07, 6.45) is 0. The van der Waals surface area contributed by atoms with Crippen LogP contribution in [0.4, 0.5) is 4.39 Å². The van der Waals surface area contributed by atoms with Crippen LogP contribution in [0.25, 0.3) is 0 Å². The molecule has 0 radical (unpaired) electrons. The molecular formula is C15H10BrFN2O. The molecule has 3 nitrogen and oxygen atoms in total. The van der Waals surface area contributed by atoms with E-state index in [4.69, 9.17) is 5.26 Å². The molecule has 0 bridgehead atoms. The lowest BCUT2D eigenvalue weighted by molar-refractivity contribution is 0.0945. The maximum atomic E-state index is 13.1. The lowest BCUT2D eigenvalue weighted by Gasteiger charge is -2.12. The Morgan fingerprint density at radius 3 is 2.55 bits per heavy atom. The van der Waals surface area contributed by atoms with Crippen molar-refractivity contribution in [2.75, 3.05) is 0 Å². The van der Waals surface area contributed by atoms with Gasteiger partial charge in [-0.1, -0.05) is 30.3 Å². The number of amides is 1. The second-order valence-corrected chi connectivity index (χ2v) is 4.93. The SMILES string of the molecule is N#CC(NC(=O)c1ccc(F)c(Br)c1)c1ccccc1. The van der Waals surface area contributed by atoms with E-state index in [0.29, 0.717) is 5.56 Å². The monoisotopic (exact) mass is 332 g/mol. The van der Waals surface area contributed by atoms with Gasteiger partial charge in [0.05, 0.1) is 10.5 Å². The van der Waals surface area contributed by atoms with Gasteiger partial charge in [-0.05, 0) is 39.7 Å². The summed E-state index contributed by atoms with van der Waals surface area (Å²) in [5.74, 6) is -0.873. The highest BCUT2D eigenvalue weighted by atomic mass is 79.9. The number of hydrogen-bond acceptors (Lipinski definition) is 2. The Morgan fingerprint density at radius 1 is 1.25 bits per heavy atom. The van der Waals surface area contributed by atoms with Gasteiger partial charge in [-0.3, -0.25) is 4.79 Å². The summed E-state index contributed by atoms with van der Waals surface area (Å²) in [6.45, 7) is 0. The number of carbonyl (C=O) groups is 1. The minimum atomic E-state index is -0.743. The summed E-state index contributed by atoms with van der Waals surface area (Å²) in [7, 11) is 0. The van der Waals surface area contributed by atoms with Gasteiger partial charge in [-0.2, -0.15) is 5.26 Å². The molecule has 5 heteroatoms. The third kappa shape index (κ3) is 3.22. The van der Waals surface area contributed by atoms with E-state index in [1.165, 1.54) is 18.2 Å². The van der Waals surface area contributed by atoms with E-state index in [0.717, 1.165) is 0 Å². The Kier molecular flexibility index (Phi) is 4.49. The van der Waals surface area contributed by atoms with Crippen LogP contribution in [0.15, 0.2) is 53.0 Å². The second kappa shape index (κ2) is 6.31. The lowest BCUT2D eigenvalue weighted by atomic mass is 10.1. The van der Waals surface area contributed by atoms with Crippen LogP contribution in [-0.4, -0.2) is 5.91 Å². The summed E-state index contributed by atoms with van der Waals surface area (Å²) in [6, 6.07) is 14.2. The standard InChI is InChI=1S/C15H10BrFN2O/c16-12-8-11(6-7-13(12)17)15(20)19-14(9-18)10-4-2-1-3-5-10/h1-8,14H,(H,19,20). The first-order valence-corrected chi connectivity index (χ1v) is 6.61. The summed E-state index contributed by atoms with van der Waals surface area (Å²) in [5, 5.41) is 11.7. The maximum absolute atomic E-state index is 13.1. The predicted molar refractivity (Wildman–Crippen MR) is 76.4 cm³/mol. The molecule has 0 spiro atoms. The fraction of sp³-hybridized carbons (Fsp3) is 0.0667. The Hall–Kier alpha value is -2.19. The van der Waals surface area contributed by atoms with Gasteiger partial charge in [0.25, 0.3) is 5.91 Å². The van der Waals surface area contributed by atoms with Crippen LogP contribution < -0.4 is 5.32 Å². The van der Waals surface area contributed by atoms with Gasteiger partial charge in [0.2, 0.25) is 0 Å². The third-order valence-electron chi connectivity index (χ3n) is 2.72. The highest BCUT2D eigenvalue weighted by Gasteiger charge is 2.15. The first kappa shape index (κ1) is 14.2. The van der Waals surface area contributed by atoms with Crippen molar-refractivity contribution < 1.29 is 9.18 Å². The van der Waals surface area contributed by atoms with Gasteiger partial charge < -0.3 is 5.32 Å². The molecule has 0 saturated heterocycles. The minimum absolute atomic E-state index is 0.207. The van der Waals surface area contributed by atoms with Gasteiger partial charge in [-0.25, -0.2) is 4.39 Å². The highest BCUT2D eigenvalue weighted by Crippen LogP contribution is 2.18. The molecule has 100 valence electrons. The van der Waals surface area contributed by atoms with E-state index in [-0.39, 0.29) is 10.0 Å². The van der Waals surface area contributed by atoms with Crippen LogP contribution in [0.1, 0.15) is 22.0 Å². The minimum Gasteiger partial charge on any atom is -0.333 e. The molecule has 0 aromatic heterocycles. The number of hydrogen-bond donors (Lipinski definition) is 1. The first-order valence-electron chi connectivity index (χ1n) is 5.82. The molecule has 0 aliphatic rings. The zero-order chi connectivity index (χ0) is 14.5. The molecule has 20 heavy (non-hydrogen) atoms. The van der Waals surface area contributed by atoms with E-state index in [9.17, 15) is 9.18 Å². The molecule has 2 aromatic carbocycles. The second-order valence-electron chi connectivity index (χ2n) is 4.08. The van der Waals surface area contributed by atoms with Gasteiger partial charge >= 0.3 is 0 Å². The summed E-state index contributed by atoms with van der Waals surface area (Å²) in [5.41, 5.74) is 0.985. The average Bonchev–Trinajstić information content (AvgIpc) is 2.48. The molecule has 1 atom stereocenters. The maximum Gasteiger partial charge on any atom is 0.252 e. The molecule has 0 aliphatic heterocycles. The number of halogens is 2. The quantitative estimate of drug-likeness (QED) is 0.933. The molecule has 0 aliphatic carbocycles. The zero-order valence-electron chi connectivity index (χ0n) is 10.3. The molecule has 2 rings (SSSR count). The Morgan fingerprint density at radius 2 is 1.95 bits per heavy atom. The van der Waals surface area contributed by atoms with Crippen molar-refractivity contribution in [3.05, 3.63) is 69.9 Å². The van der Waals surface area contributed by atoms with E-state index in [2.05, 4.69) is 21.2 Å². The molecule has 0 heterocycles. The van der Waals surface area contributed by atoms with Gasteiger partial charge in [-0.15, -0.1) is 0 Å². The first-order chi connectivity index (χ1) is 9.61. The lowest BCUT2D eigenvalue weighted by Crippen LogP contribution is -2.27. The molecule has 0 fully saturated rings. The Bertz CT molecular complexity index is 667. The Balaban J connectivity index is 2.18. The number of rotatable bonds is 3. The third-order valence-corrected chi connectivity index (χ3v) is 3.33. The number of benzene rings is 2. The van der Waals surface area contributed by atoms with Crippen LogP contribution in [0.3, 0.4) is 0 Å². The molecule has 1 N–H and O–H groups in total. The van der Waals surface area contributed by atoms with Crippen molar-refractivity contribution in [1.29, 1.82) is 5.26 Å². The summed E-state index contributed by atoms with van der Waals surface area (Å²) >= 11 is 3.02. The molecule has 0 saturated carbocycles. The number of nitriles is 1. The summed E-state index contributed by atoms with van der Waals surface area (Å²) in [4.78, 5) is 12.0. The van der Waals surface area contributed by atoms with E-state index in [1.54, 1.807) is 24.3 Å². The number of nitrogens with one attached hydrogen (secondary N) is 1. The van der Waals surface area contributed by atoms with Crippen molar-refractivity contribution in [2.24, 2.45) is 0 Å². The number of nitrogens with zero attached hydrogens (tertiary/aromatic N) is 1. The summed E-state index contributed by atoms with van der Waals surface area (Å²) < 4.78 is 13.3. The van der Waals surface area contributed by atoms with Crippen molar-refractivity contribution in [1.82, 2.24) is 5.32 Å². The topological polar surface area (TPSA) is 52.9 Å². The highest BCUT2D eigenvalue weighted by molar-refractivity contribution is 9.10. The van der Waals surface area contributed by atoms with Gasteiger partial charge in [0.15, 0.2) is 0 Å². The number of carbonyl (C=O) groups excluding carboxylic acids is 1. The molecule has 1 amide bonds. The van der Waals surface area contributed by atoms with Crippen molar-refractivity contribution in [3.63, 3.8) is 0 Å². The fourth-order valence-corrected chi connectivity index (χ4v) is 2.07. The normalized spacial score (nSPS) is 11.4. The zero-order valence-corrected chi connectivity index (χ0v) is 11.9. The van der Waals surface area contributed by atoms with E-state index >= 15 is 0 Å².